The van der Waals surface area contributed by atoms with Gasteiger partial charge in [0, 0.05) is 53.0 Å². The van der Waals surface area contributed by atoms with Gasteiger partial charge in [-0.05, 0) is 111 Å². The van der Waals surface area contributed by atoms with E-state index in [4.69, 9.17) is 4.74 Å². The van der Waals surface area contributed by atoms with Crippen LogP contribution in [-0.4, -0.2) is 73.2 Å². The summed E-state index contributed by atoms with van der Waals surface area (Å²) in [5.41, 5.74) is 10.2. The number of carbonyl (C=O) groups excluding carboxylic acids is 1. The summed E-state index contributed by atoms with van der Waals surface area (Å²) < 4.78 is 5.81. The normalized spacial score (nSPS) is 50.2. The van der Waals surface area contributed by atoms with Crippen molar-refractivity contribution >= 4 is 11.7 Å². The molecule has 0 N–H and O–H groups in total. The van der Waals surface area contributed by atoms with Gasteiger partial charge in [-0.25, -0.2) is 0 Å². The highest BCUT2D eigenvalue weighted by atomic mass is 16.5. The minimum Gasteiger partial charge on any atom is -0.469 e. The maximum absolute atomic E-state index is 14.3. The third-order valence-electron chi connectivity index (χ3n) is 17.6. The van der Waals surface area contributed by atoms with Crippen molar-refractivity contribution in [1.82, 2.24) is 9.80 Å². The summed E-state index contributed by atoms with van der Waals surface area (Å²) in [5.74, 6) is 0.963. The molecule has 11 atom stereocenters. The van der Waals surface area contributed by atoms with Crippen LogP contribution in [0, 0.1) is 23.2 Å². The van der Waals surface area contributed by atoms with Crippen LogP contribution in [-0.2, 0) is 25.8 Å². The van der Waals surface area contributed by atoms with Crippen LogP contribution in [0.25, 0.3) is 0 Å². The molecule has 4 bridgehead atoms. The smallest absolute Gasteiger partial charge is 0.309 e. The number of anilines is 1. The van der Waals surface area contributed by atoms with Gasteiger partial charge < -0.3 is 9.64 Å². The van der Waals surface area contributed by atoms with Crippen LogP contribution in [0.5, 0.6) is 0 Å². The highest BCUT2D eigenvalue weighted by Crippen LogP contribution is 2.84. The minimum atomic E-state index is -0.145. The van der Waals surface area contributed by atoms with Crippen LogP contribution >= 0.6 is 0 Å². The predicted octanol–water partition coefficient (Wildman–Crippen LogP) is 5.91. The van der Waals surface area contributed by atoms with Gasteiger partial charge in [0.25, 0.3) is 0 Å². The summed E-state index contributed by atoms with van der Waals surface area (Å²) in [4.78, 5) is 23.3. The van der Waals surface area contributed by atoms with E-state index in [1.165, 1.54) is 62.8 Å². The molecule has 2 aromatic carbocycles. The summed E-state index contributed by atoms with van der Waals surface area (Å²) >= 11 is 0. The molecule has 3 saturated carbocycles. The number of ether oxygens (including phenoxy) is 1. The SMILES string of the molecule is C/C=C1/CN2CC[C@@]34CN5c6c(cccc6[C@]36C(c3ccccc34)[C@H](C(=O)OC)[C@H]1C[C@H]26)[C@@]12CCN3CCC[C@@]4(CC[C@@]51[C@H]4C)[C@H]32. The highest BCUT2D eigenvalue weighted by Gasteiger charge is 2.87. The number of nitrogens with zero attached hydrogens (tertiary/aromatic N) is 3. The summed E-state index contributed by atoms with van der Waals surface area (Å²) in [7, 11) is 1.64. The Balaban J connectivity index is 1.20. The molecule has 5 heteroatoms. The Morgan fingerprint density at radius 2 is 1.76 bits per heavy atom. The molecule has 6 aliphatic heterocycles. The number of para-hydroxylation sites is 1. The fourth-order valence-electron chi connectivity index (χ4n) is 16.8. The number of fused-ring (bicyclic) bond motifs is 3. The van der Waals surface area contributed by atoms with Crippen molar-refractivity contribution in [3.63, 3.8) is 0 Å². The van der Waals surface area contributed by atoms with E-state index in [2.05, 4.69) is 77.1 Å². The van der Waals surface area contributed by atoms with Gasteiger partial charge in [-0.1, -0.05) is 61.0 Å². The molecule has 12 rings (SSSR count). The van der Waals surface area contributed by atoms with Crippen LogP contribution in [0.1, 0.15) is 87.0 Å². The Labute approximate surface area is 273 Å². The second-order valence-corrected chi connectivity index (χ2v) is 17.4. The largest absolute Gasteiger partial charge is 0.469 e. The van der Waals surface area contributed by atoms with Crippen LogP contribution in [0.4, 0.5) is 5.69 Å². The summed E-state index contributed by atoms with van der Waals surface area (Å²) in [6.07, 6.45) is 11.5. The van der Waals surface area contributed by atoms with E-state index in [1.807, 2.05) is 0 Å². The van der Waals surface area contributed by atoms with E-state index in [0.29, 0.717) is 23.4 Å². The molecule has 2 aromatic rings. The topological polar surface area (TPSA) is 36.0 Å². The number of hydrogen-bond acceptors (Lipinski definition) is 5. The van der Waals surface area contributed by atoms with E-state index in [1.54, 1.807) is 29.5 Å². The zero-order valence-electron chi connectivity index (χ0n) is 27.7. The number of rotatable bonds is 1. The Bertz CT molecular complexity index is 1820. The Hall–Kier alpha value is -2.63. The molecule has 0 radical (unpaired) electrons. The average molecular weight is 614 g/mol. The first kappa shape index (κ1) is 26.3. The molecule has 4 saturated heterocycles. The van der Waals surface area contributed by atoms with E-state index in [9.17, 15) is 4.79 Å². The maximum Gasteiger partial charge on any atom is 0.309 e. The molecule has 10 aliphatic rings. The van der Waals surface area contributed by atoms with E-state index in [-0.39, 0.29) is 45.5 Å². The zero-order chi connectivity index (χ0) is 30.6. The lowest BCUT2D eigenvalue weighted by atomic mass is 9.41. The lowest BCUT2D eigenvalue weighted by Crippen LogP contribution is -2.76. The summed E-state index contributed by atoms with van der Waals surface area (Å²) in [6, 6.07) is 18.3. The second-order valence-electron chi connectivity index (χ2n) is 17.4. The Morgan fingerprint density at radius 1 is 0.935 bits per heavy atom. The quantitative estimate of drug-likeness (QED) is 0.295. The van der Waals surface area contributed by atoms with Crippen LogP contribution < -0.4 is 4.90 Å². The van der Waals surface area contributed by atoms with Crippen molar-refractivity contribution in [3.8, 4) is 0 Å². The fraction of sp³-hybridized carbons (Fsp3) is 0.634. The van der Waals surface area contributed by atoms with Crippen LogP contribution in [0.15, 0.2) is 54.1 Å². The van der Waals surface area contributed by atoms with Gasteiger partial charge in [-0.2, -0.15) is 0 Å². The van der Waals surface area contributed by atoms with Crippen molar-refractivity contribution in [2.24, 2.45) is 23.2 Å². The number of esters is 1. The first-order valence-electron chi connectivity index (χ1n) is 18.7. The third-order valence-corrected chi connectivity index (χ3v) is 17.6. The Morgan fingerprint density at radius 3 is 2.63 bits per heavy atom. The molecule has 4 spiro atoms. The van der Waals surface area contributed by atoms with Crippen molar-refractivity contribution in [3.05, 3.63) is 76.4 Å². The number of methoxy groups -OCH3 is 1. The zero-order valence-corrected chi connectivity index (χ0v) is 27.7. The molecule has 46 heavy (non-hydrogen) atoms. The molecule has 238 valence electrons. The Kier molecular flexibility index (Phi) is 4.47. The summed E-state index contributed by atoms with van der Waals surface area (Å²) in [5, 5.41) is 0. The number of piperidine rings is 3. The van der Waals surface area contributed by atoms with Crippen LogP contribution in [0.2, 0.25) is 0 Å². The number of hydrogen-bond donors (Lipinski definition) is 0. The van der Waals surface area contributed by atoms with Crippen LogP contribution in [0.3, 0.4) is 0 Å². The van der Waals surface area contributed by atoms with Crippen molar-refractivity contribution in [1.29, 1.82) is 0 Å². The van der Waals surface area contributed by atoms with Gasteiger partial charge in [0.05, 0.1) is 18.6 Å². The van der Waals surface area contributed by atoms with Gasteiger partial charge in [0.15, 0.2) is 0 Å². The fourth-order valence-corrected chi connectivity index (χ4v) is 16.8. The lowest BCUT2D eigenvalue weighted by molar-refractivity contribution is -0.157. The molecule has 6 heterocycles. The van der Waals surface area contributed by atoms with Gasteiger partial charge in [-0.15, -0.1) is 0 Å². The van der Waals surface area contributed by atoms with Crippen molar-refractivity contribution in [2.45, 2.75) is 98.6 Å². The number of carbonyl (C=O) groups is 1. The number of benzene rings is 2. The van der Waals surface area contributed by atoms with Gasteiger partial charge in [0.2, 0.25) is 0 Å². The highest BCUT2D eigenvalue weighted by molar-refractivity contribution is 5.84. The molecule has 5 nitrogen and oxygen atoms in total. The molecule has 0 amide bonds. The first-order valence-corrected chi connectivity index (χ1v) is 18.7. The molecule has 7 fully saturated rings. The predicted molar refractivity (Wildman–Crippen MR) is 178 cm³/mol. The second kappa shape index (κ2) is 7.81. The van der Waals surface area contributed by atoms with Gasteiger partial charge in [-0.3, -0.25) is 14.6 Å². The van der Waals surface area contributed by atoms with Gasteiger partial charge in [0.1, 0.15) is 0 Å². The average Bonchev–Trinajstić information content (AvgIpc) is 3.82. The molecule has 4 aliphatic carbocycles. The first-order chi connectivity index (χ1) is 22.5. The summed E-state index contributed by atoms with van der Waals surface area (Å²) in [6.45, 7) is 10.7. The lowest BCUT2D eigenvalue weighted by Gasteiger charge is -2.70. The molecule has 1 unspecified atom stereocenters. The van der Waals surface area contributed by atoms with Crippen molar-refractivity contribution in [2.75, 3.05) is 44.7 Å². The van der Waals surface area contributed by atoms with E-state index >= 15 is 0 Å². The monoisotopic (exact) mass is 613 g/mol. The number of allylic oxidation sites excluding steroid dienone is 1. The third kappa shape index (κ3) is 2.19. The molecule has 0 aromatic heterocycles. The van der Waals surface area contributed by atoms with E-state index in [0.717, 1.165) is 26.1 Å². The molecular weight excluding hydrogens is 566 g/mol. The molecular formula is C41H47N3O2. The van der Waals surface area contributed by atoms with Crippen molar-refractivity contribution < 1.29 is 9.53 Å². The maximum atomic E-state index is 14.3. The standard InChI is InChI=1S/C41H47N3O2/c1-4-25-22-43-19-16-38-23-44-34-29(39-17-20-42-18-8-13-37(36(39)42)14-15-40(39,44)24(37)2)11-7-12-30(34)41(38)31(43)21-27(25)32(35(45)46-3)33(41)26-9-5-6-10-28(26)38/h4-7,9-12,24,27,31-33,36H,8,13-23H2,1-3H3/b25-4-/t24-,27-,31-,32+,33?,36-,37-,38-,39+,40-,41-/m0/s1. The van der Waals surface area contributed by atoms with Gasteiger partial charge >= 0.3 is 5.97 Å². The minimum absolute atomic E-state index is 0.00642. The van der Waals surface area contributed by atoms with E-state index < -0.39 is 0 Å².